The third-order valence-corrected chi connectivity index (χ3v) is 5.10. The number of benzene rings is 1. The molecule has 2 aliphatic heterocycles. The van der Waals surface area contributed by atoms with E-state index in [1.807, 2.05) is 0 Å². The Bertz CT molecular complexity index is 662. The first-order chi connectivity index (χ1) is 12.4. The van der Waals surface area contributed by atoms with Crippen molar-refractivity contribution in [2.24, 2.45) is 0 Å². The van der Waals surface area contributed by atoms with Crippen molar-refractivity contribution in [2.45, 2.75) is 44.8 Å². The number of aryl methyl sites for hydroxylation is 1. The van der Waals surface area contributed by atoms with Crippen LogP contribution in [-0.4, -0.2) is 48.7 Å². The molecule has 1 atom stereocenters. The van der Waals surface area contributed by atoms with Crippen LogP contribution < -0.4 is 15.0 Å². The first kappa shape index (κ1) is 18.6. The molecule has 3 amide bonds. The molecular weight excluding hydrogens is 344 g/mol. The summed E-state index contributed by atoms with van der Waals surface area (Å²) in [7, 11) is 0. The van der Waals surface area contributed by atoms with Crippen LogP contribution in [0.15, 0.2) is 24.3 Å². The SMILES string of the molecule is C[C@]1(CCc2ccc(OC(F)F)cc2)NC(=O)N(C[NH+]2CCCC2)C1=O. The quantitative estimate of drug-likeness (QED) is 0.710. The van der Waals surface area contributed by atoms with Crippen molar-refractivity contribution in [1.82, 2.24) is 10.2 Å². The van der Waals surface area contributed by atoms with E-state index in [4.69, 9.17) is 0 Å². The lowest BCUT2D eigenvalue weighted by atomic mass is 9.93. The van der Waals surface area contributed by atoms with E-state index in [0.29, 0.717) is 19.5 Å². The van der Waals surface area contributed by atoms with Crippen molar-refractivity contribution in [3.8, 4) is 5.75 Å². The average Bonchev–Trinajstić information content (AvgIpc) is 3.17. The molecule has 0 radical (unpaired) electrons. The smallest absolute Gasteiger partial charge is 0.387 e. The number of amides is 3. The van der Waals surface area contributed by atoms with Crippen LogP contribution in [0.4, 0.5) is 13.6 Å². The van der Waals surface area contributed by atoms with Gasteiger partial charge in [-0.15, -0.1) is 0 Å². The number of hydrogen-bond donors (Lipinski definition) is 2. The lowest BCUT2D eigenvalue weighted by molar-refractivity contribution is -0.894. The van der Waals surface area contributed by atoms with E-state index in [2.05, 4.69) is 10.1 Å². The molecule has 6 nitrogen and oxygen atoms in total. The molecule has 2 aliphatic rings. The van der Waals surface area contributed by atoms with Crippen molar-refractivity contribution in [3.63, 3.8) is 0 Å². The Labute approximate surface area is 151 Å². The molecule has 0 bridgehead atoms. The van der Waals surface area contributed by atoms with Crippen LogP contribution in [0.3, 0.4) is 0 Å². The van der Waals surface area contributed by atoms with Gasteiger partial charge in [-0.05, 0) is 37.5 Å². The summed E-state index contributed by atoms with van der Waals surface area (Å²) in [6.45, 7) is 1.28. The topological polar surface area (TPSA) is 63.1 Å². The molecule has 2 heterocycles. The molecule has 0 aromatic heterocycles. The molecule has 142 valence electrons. The second kappa shape index (κ2) is 7.57. The number of likely N-dealkylation sites (tertiary alicyclic amines) is 1. The zero-order valence-corrected chi connectivity index (χ0v) is 14.8. The van der Waals surface area contributed by atoms with Crippen LogP contribution >= 0.6 is 0 Å². The van der Waals surface area contributed by atoms with Gasteiger partial charge in [0, 0.05) is 12.8 Å². The Morgan fingerprint density at radius 1 is 1.23 bits per heavy atom. The Kier molecular flexibility index (Phi) is 5.41. The summed E-state index contributed by atoms with van der Waals surface area (Å²) >= 11 is 0. The third-order valence-electron chi connectivity index (χ3n) is 5.10. The van der Waals surface area contributed by atoms with E-state index < -0.39 is 12.2 Å². The number of hydrogen-bond acceptors (Lipinski definition) is 3. The van der Waals surface area contributed by atoms with Crippen LogP contribution in [0, 0.1) is 0 Å². The lowest BCUT2D eigenvalue weighted by Gasteiger charge is -2.22. The zero-order valence-electron chi connectivity index (χ0n) is 14.8. The van der Waals surface area contributed by atoms with Crippen LogP contribution in [0.1, 0.15) is 31.7 Å². The van der Waals surface area contributed by atoms with E-state index >= 15 is 0 Å². The number of quaternary nitrogens is 1. The van der Waals surface area contributed by atoms with Crippen molar-refractivity contribution >= 4 is 11.9 Å². The van der Waals surface area contributed by atoms with Crippen LogP contribution in [0.5, 0.6) is 5.75 Å². The number of alkyl halides is 2. The first-order valence-corrected chi connectivity index (χ1v) is 8.89. The fraction of sp³-hybridized carbons (Fsp3) is 0.556. The summed E-state index contributed by atoms with van der Waals surface area (Å²) in [5.74, 6) is -0.0977. The van der Waals surface area contributed by atoms with Crippen molar-refractivity contribution in [1.29, 1.82) is 0 Å². The number of halogens is 2. The maximum Gasteiger partial charge on any atom is 0.387 e. The number of nitrogens with one attached hydrogen (secondary N) is 2. The normalized spacial score (nSPS) is 23.8. The molecular formula is C18H24F2N3O3+. The molecule has 0 unspecified atom stereocenters. The minimum atomic E-state index is -2.85. The molecule has 1 aromatic rings. The second-order valence-electron chi connectivity index (χ2n) is 7.13. The van der Waals surface area contributed by atoms with Crippen LogP contribution in [0.2, 0.25) is 0 Å². The number of nitrogens with zero attached hydrogens (tertiary/aromatic N) is 1. The van der Waals surface area contributed by atoms with Gasteiger partial charge >= 0.3 is 12.6 Å². The number of ether oxygens (including phenoxy) is 1. The van der Waals surface area contributed by atoms with Gasteiger partial charge in [0.25, 0.3) is 5.91 Å². The summed E-state index contributed by atoms with van der Waals surface area (Å²) in [5, 5.41) is 2.81. The van der Waals surface area contributed by atoms with Crippen molar-refractivity contribution in [2.75, 3.05) is 19.8 Å². The average molecular weight is 368 g/mol. The van der Waals surface area contributed by atoms with E-state index in [1.54, 1.807) is 19.1 Å². The van der Waals surface area contributed by atoms with Gasteiger partial charge in [0.15, 0.2) is 6.67 Å². The highest BCUT2D eigenvalue weighted by Crippen LogP contribution is 2.24. The molecule has 1 aromatic carbocycles. The number of imide groups is 1. The predicted molar refractivity (Wildman–Crippen MR) is 90.0 cm³/mol. The van der Waals surface area contributed by atoms with Gasteiger partial charge in [0.2, 0.25) is 0 Å². The molecule has 0 aliphatic carbocycles. The summed E-state index contributed by atoms with van der Waals surface area (Å²) in [4.78, 5) is 27.6. The Morgan fingerprint density at radius 3 is 2.50 bits per heavy atom. The highest BCUT2D eigenvalue weighted by Gasteiger charge is 2.48. The second-order valence-corrected chi connectivity index (χ2v) is 7.13. The largest absolute Gasteiger partial charge is 0.435 e. The monoisotopic (exact) mass is 368 g/mol. The van der Waals surface area contributed by atoms with Crippen LogP contribution in [-0.2, 0) is 11.2 Å². The van der Waals surface area contributed by atoms with E-state index in [0.717, 1.165) is 31.5 Å². The molecule has 2 fully saturated rings. The highest BCUT2D eigenvalue weighted by molar-refractivity contribution is 6.06. The third kappa shape index (κ3) is 4.12. The predicted octanol–water partition coefficient (Wildman–Crippen LogP) is 1.17. The summed E-state index contributed by atoms with van der Waals surface area (Å²) in [6.07, 6.45) is 3.24. The summed E-state index contributed by atoms with van der Waals surface area (Å²) in [6, 6.07) is 5.99. The first-order valence-electron chi connectivity index (χ1n) is 8.89. The number of carbonyl (C=O) groups is 2. The maximum absolute atomic E-state index is 12.7. The van der Waals surface area contributed by atoms with Gasteiger partial charge in [-0.1, -0.05) is 12.1 Å². The van der Waals surface area contributed by atoms with E-state index in [9.17, 15) is 18.4 Å². The van der Waals surface area contributed by atoms with Gasteiger partial charge in [0.1, 0.15) is 11.3 Å². The Balaban J connectivity index is 1.58. The minimum absolute atomic E-state index is 0.0972. The van der Waals surface area contributed by atoms with Crippen LogP contribution in [0.25, 0.3) is 0 Å². The maximum atomic E-state index is 12.7. The zero-order chi connectivity index (χ0) is 18.7. The van der Waals surface area contributed by atoms with Crippen molar-refractivity contribution in [3.05, 3.63) is 29.8 Å². The highest BCUT2D eigenvalue weighted by atomic mass is 19.3. The van der Waals surface area contributed by atoms with Gasteiger partial charge in [-0.25, -0.2) is 9.69 Å². The van der Waals surface area contributed by atoms with E-state index in [-0.39, 0.29) is 17.7 Å². The Morgan fingerprint density at radius 2 is 1.88 bits per heavy atom. The number of carbonyl (C=O) groups excluding carboxylic acids is 2. The Hall–Kier alpha value is -2.22. The van der Waals surface area contributed by atoms with Gasteiger partial charge in [-0.2, -0.15) is 8.78 Å². The standard InChI is InChI=1S/C18H23F2N3O3/c1-18(9-8-13-4-6-14(7-5-13)26-16(19)20)15(24)23(17(25)21-18)12-22-10-2-3-11-22/h4-7,16H,2-3,8-12H2,1H3,(H,21,25)/p+1/t18-/m1/s1. The molecule has 0 saturated carbocycles. The van der Waals surface area contributed by atoms with Crippen molar-refractivity contribution < 1.29 is 28.0 Å². The number of rotatable bonds is 7. The summed E-state index contributed by atoms with van der Waals surface area (Å²) in [5.41, 5.74) is -0.0486. The van der Waals surface area contributed by atoms with Gasteiger partial charge in [0.05, 0.1) is 13.1 Å². The molecule has 0 spiro atoms. The molecule has 26 heavy (non-hydrogen) atoms. The molecule has 2 N–H and O–H groups in total. The van der Waals surface area contributed by atoms with Gasteiger partial charge < -0.3 is 15.0 Å². The molecule has 8 heteroatoms. The lowest BCUT2D eigenvalue weighted by Crippen LogP contribution is -3.11. The fourth-order valence-corrected chi connectivity index (χ4v) is 3.55. The van der Waals surface area contributed by atoms with E-state index in [1.165, 1.54) is 21.9 Å². The minimum Gasteiger partial charge on any atom is -0.435 e. The summed E-state index contributed by atoms with van der Waals surface area (Å²) < 4.78 is 28.7. The molecule has 3 rings (SSSR count). The number of urea groups is 1. The molecule has 2 saturated heterocycles. The fourth-order valence-electron chi connectivity index (χ4n) is 3.55. The van der Waals surface area contributed by atoms with Gasteiger partial charge in [-0.3, -0.25) is 4.79 Å².